The van der Waals surface area contributed by atoms with Crippen LogP contribution in [0.3, 0.4) is 0 Å². The van der Waals surface area contributed by atoms with Crippen molar-refractivity contribution in [2.45, 2.75) is 6.54 Å². The first-order valence-electron chi connectivity index (χ1n) is 3.64. The first-order valence-corrected chi connectivity index (χ1v) is 3.64. The Morgan fingerprint density at radius 1 is 1.46 bits per heavy atom. The monoisotopic (exact) mass is 201 g/mol. The molecule has 0 unspecified atom stereocenters. The maximum Gasteiger partial charge on any atom is 0.199 e. The molecule has 0 saturated heterocycles. The molecule has 0 aliphatic carbocycles. The average molecular weight is 202 g/mol. The molecule has 0 amide bonds. The molecule has 0 aromatic carbocycles. The van der Waals surface area contributed by atoms with Gasteiger partial charge in [0, 0.05) is 12.7 Å². The van der Waals surface area contributed by atoms with E-state index in [9.17, 15) is 4.39 Å². The molecule has 2 heterocycles. The SMILES string of the molecule is Cl.NCc1cn2c(F)cccc2n1. The molecule has 13 heavy (non-hydrogen) atoms. The van der Waals surface area contributed by atoms with E-state index in [4.69, 9.17) is 5.73 Å². The van der Waals surface area contributed by atoms with E-state index in [2.05, 4.69) is 4.98 Å². The Morgan fingerprint density at radius 3 is 2.85 bits per heavy atom. The van der Waals surface area contributed by atoms with Crippen LogP contribution in [0.1, 0.15) is 5.69 Å². The van der Waals surface area contributed by atoms with Crippen LogP contribution in [0.5, 0.6) is 0 Å². The highest BCUT2D eigenvalue weighted by Crippen LogP contribution is 2.06. The summed E-state index contributed by atoms with van der Waals surface area (Å²) in [6.45, 7) is 0.334. The van der Waals surface area contributed by atoms with Crippen LogP contribution < -0.4 is 5.73 Å². The molecule has 5 heteroatoms. The third-order valence-corrected chi connectivity index (χ3v) is 1.70. The van der Waals surface area contributed by atoms with Crippen LogP contribution in [0.25, 0.3) is 5.65 Å². The van der Waals surface area contributed by atoms with Gasteiger partial charge in [-0.05, 0) is 12.1 Å². The lowest BCUT2D eigenvalue weighted by Gasteiger charge is -1.91. The number of nitrogens with two attached hydrogens (primary N) is 1. The highest BCUT2D eigenvalue weighted by Gasteiger charge is 2.01. The second-order valence-electron chi connectivity index (χ2n) is 2.51. The second-order valence-corrected chi connectivity index (χ2v) is 2.51. The van der Waals surface area contributed by atoms with Crippen molar-refractivity contribution in [2.24, 2.45) is 5.73 Å². The van der Waals surface area contributed by atoms with Gasteiger partial charge in [0.1, 0.15) is 5.65 Å². The Bertz CT molecular complexity index is 413. The van der Waals surface area contributed by atoms with Gasteiger partial charge < -0.3 is 5.73 Å². The molecule has 0 spiro atoms. The minimum atomic E-state index is -0.320. The fourth-order valence-electron chi connectivity index (χ4n) is 1.13. The van der Waals surface area contributed by atoms with Gasteiger partial charge in [-0.1, -0.05) is 6.07 Å². The Kier molecular flexibility index (Phi) is 2.85. The van der Waals surface area contributed by atoms with Crippen LogP contribution in [0, 0.1) is 5.95 Å². The standard InChI is InChI=1S/C8H8FN3.ClH/c9-7-2-1-3-8-11-6(4-10)5-12(7)8;/h1-3,5H,4,10H2;1H. The predicted octanol–water partition coefficient (Wildman–Crippen LogP) is 1.35. The molecule has 2 aromatic rings. The topological polar surface area (TPSA) is 43.3 Å². The lowest BCUT2D eigenvalue weighted by Crippen LogP contribution is -1.95. The molecule has 0 aliphatic heterocycles. The molecule has 3 nitrogen and oxygen atoms in total. The maximum atomic E-state index is 13.0. The zero-order valence-electron chi connectivity index (χ0n) is 6.77. The molecular weight excluding hydrogens is 193 g/mol. The molecule has 0 atom stereocenters. The maximum absolute atomic E-state index is 13.0. The molecule has 0 radical (unpaired) electrons. The first kappa shape index (κ1) is 9.95. The number of fused-ring (bicyclic) bond motifs is 1. The van der Waals surface area contributed by atoms with Crippen LogP contribution in [-0.2, 0) is 6.54 Å². The summed E-state index contributed by atoms with van der Waals surface area (Å²) in [7, 11) is 0. The molecule has 2 aromatic heterocycles. The van der Waals surface area contributed by atoms with Crippen molar-refractivity contribution in [1.29, 1.82) is 0 Å². The number of rotatable bonds is 1. The van der Waals surface area contributed by atoms with Crippen molar-refractivity contribution in [1.82, 2.24) is 9.38 Å². The van der Waals surface area contributed by atoms with Gasteiger partial charge >= 0.3 is 0 Å². The molecule has 0 aliphatic rings. The first-order chi connectivity index (χ1) is 5.81. The van der Waals surface area contributed by atoms with Gasteiger partial charge in [0.25, 0.3) is 0 Å². The van der Waals surface area contributed by atoms with Gasteiger partial charge in [-0.3, -0.25) is 4.40 Å². The van der Waals surface area contributed by atoms with Crippen molar-refractivity contribution in [2.75, 3.05) is 0 Å². The largest absolute Gasteiger partial charge is 0.325 e. The molecule has 0 bridgehead atoms. The zero-order chi connectivity index (χ0) is 8.55. The third-order valence-electron chi connectivity index (χ3n) is 1.70. The van der Waals surface area contributed by atoms with Crippen molar-refractivity contribution in [3.8, 4) is 0 Å². The number of imidazole rings is 1. The molecular formula is C8H9ClFN3. The van der Waals surface area contributed by atoms with E-state index in [1.54, 1.807) is 18.3 Å². The highest BCUT2D eigenvalue weighted by molar-refractivity contribution is 5.85. The molecule has 0 fully saturated rings. The van der Waals surface area contributed by atoms with Crippen LogP contribution in [0.15, 0.2) is 24.4 Å². The van der Waals surface area contributed by atoms with Gasteiger partial charge in [-0.2, -0.15) is 4.39 Å². The molecule has 2 N–H and O–H groups in total. The second kappa shape index (κ2) is 3.72. The fourth-order valence-corrected chi connectivity index (χ4v) is 1.13. The van der Waals surface area contributed by atoms with Gasteiger partial charge in [0.15, 0.2) is 5.95 Å². The smallest absolute Gasteiger partial charge is 0.199 e. The summed E-state index contributed by atoms with van der Waals surface area (Å²) in [4.78, 5) is 4.09. The summed E-state index contributed by atoms with van der Waals surface area (Å²) in [5, 5.41) is 0. The van der Waals surface area contributed by atoms with Gasteiger partial charge in [0.05, 0.1) is 5.69 Å². The van der Waals surface area contributed by atoms with E-state index >= 15 is 0 Å². The van der Waals surface area contributed by atoms with E-state index in [0.717, 1.165) is 0 Å². The fraction of sp³-hybridized carbons (Fsp3) is 0.125. The molecule has 0 saturated carbocycles. The van der Waals surface area contributed by atoms with Gasteiger partial charge in [-0.25, -0.2) is 4.98 Å². The molecule has 2 rings (SSSR count). The number of nitrogens with zero attached hydrogens (tertiary/aromatic N) is 2. The van der Waals surface area contributed by atoms with E-state index in [0.29, 0.717) is 17.9 Å². The van der Waals surface area contributed by atoms with E-state index < -0.39 is 0 Å². The van der Waals surface area contributed by atoms with Crippen LogP contribution in [-0.4, -0.2) is 9.38 Å². The van der Waals surface area contributed by atoms with Crippen molar-refractivity contribution >= 4 is 18.1 Å². The summed E-state index contributed by atoms with van der Waals surface area (Å²) >= 11 is 0. The Labute approximate surface area is 80.8 Å². The predicted molar refractivity (Wildman–Crippen MR) is 50.3 cm³/mol. The Hall–Kier alpha value is -1.13. The minimum absolute atomic E-state index is 0. The van der Waals surface area contributed by atoms with Crippen LogP contribution in [0.4, 0.5) is 4.39 Å². The van der Waals surface area contributed by atoms with Crippen LogP contribution >= 0.6 is 12.4 Å². The van der Waals surface area contributed by atoms with Crippen molar-refractivity contribution in [3.05, 3.63) is 36.0 Å². The van der Waals surface area contributed by atoms with E-state index in [-0.39, 0.29) is 18.4 Å². The van der Waals surface area contributed by atoms with Crippen molar-refractivity contribution < 1.29 is 4.39 Å². The molecule has 70 valence electrons. The average Bonchev–Trinajstić information content (AvgIpc) is 2.49. The Morgan fingerprint density at radius 2 is 2.23 bits per heavy atom. The quantitative estimate of drug-likeness (QED) is 0.708. The number of hydrogen-bond donors (Lipinski definition) is 1. The zero-order valence-corrected chi connectivity index (χ0v) is 7.59. The van der Waals surface area contributed by atoms with Gasteiger partial charge in [0.2, 0.25) is 0 Å². The number of halogens is 2. The lowest BCUT2D eigenvalue weighted by atomic mass is 10.5. The Balaban J connectivity index is 0.000000845. The summed E-state index contributed by atoms with van der Waals surface area (Å²) in [5.74, 6) is -0.320. The summed E-state index contributed by atoms with van der Waals surface area (Å²) in [6.07, 6.45) is 1.60. The van der Waals surface area contributed by atoms with Gasteiger partial charge in [-0.15, -0.1) is 12.4 Å². The lowest BCUT2D eigenvalue weighted by molar-refractivity contribution is 0.567. The third kappa shape index (κ3) is 1.64. The number of hydrogen-bond acceptors (Lipinski definition) is 2. The normalized spacial score (nSPS) is 10.0. The van der Waals surface area contributed by atoms with Crippen molar-refractivity contribution in [3.63, 3.8) is 0 Å². The summed E-state index contributed by atoms with van der Waals surface area (Å²) < 4.78 is 14.4. The van der Waals surface area contributed by atoms with Crippen LogP contribution in [0.2, 0.25) is 0 Å². The number of pyridine rings is 1. The number of aromatic nitrogens is 2. The van der Waals surface area contributed by atoms with E-state index in [1.165, 1.54) is 10.5 Å². The minimum Gasteiger partial charge on any atom is -0.325 e. The summed E-state index contributed by atoms with van der Waals surface area (Å²) in [6, 6.07) is 4.75. The highest BCUT2D eigenvalue weighted by atomic mass is 35.5. The van der Waals surface area contributed by atoms with E-state index in [1.807, 2.05) is 0 Å². The summed E-state index contributed by atoms with van der Waals surface area (Å²) in [5.41, 5.74) is 6.65.